The highest BCUT2D eigenvalue weighted by atomic mass is 35.5. The van der Waals surface area contributed by atoms with Crippen LogP contribution in [0.25, 0.3) is 0 Å². The standard InChI is InChI=1S/C18H17ClN2O2/c1-12(22)21-16-5-3-2-4-14(16)10-17(21)18(23)20-11-13-6-8-15(19)9-7-13/h2-9,17H,10-11H2,1H3,(H,20,23)/t17-/m1/s1. The first-order chi connectivity index (χ1) is 11.1. The van der Waals surface area contributed by atoms with Crippen molar-refractivity contribution in [2.75, 3.05) is 4.90 Å². The molecule has 0 spiro atoms. The van der Waals surface area contributed by atoms with Gasteiger partial charge in [-0.2, -0.15) is 0 Å². The van der Waals surface area contributed by atoms with Crippen molar-refractivity contribution in [3.05, 3.63) is 64.7 Å². The fraction of sp³-hybridized carbons (Fsp3) is 0.222. The zero-order valence-electron chi connectivity index (χ0n) is 12.8. The van der Waals surface area contributed by atoms with Crippen molar-refractivity contribution in [2.45, 2.75) is 25.9 Å². The smallest absolute Gasteiger partial charge is 0.243 e. The Balaban J connectivity index is 1.72. The van der Waals surface area contributed by atoms with E-state index in [-0.39, 0.29) is 11.8 Å². The molecule has 1 aliphatic heterocycles. The van der Waals surface area contributed by atoms with E-state index in [0.29, 0.717) is 18.0 Å². The molecule has 0 bridgehead atoms. The second kappa shape index (κ2) is 6.42. The number of carbonyl (C=O) groups is 2. The predicted octanol–water partition coefficient (Wildman–Crippen LogP) is 2.93. The summed E-state index contributed by atoms with van der Waals surface area (Å²) in [7, 11) is 0. The second-order valence-corrected chi connectivity index (χ2v) is 6.02. The number of nitrogens with zero attached hydrogens (tertiary/aromatic N) is 1. The van der Waals surface area contributed by atoms with Gasteiger partial charge in [-0.05, 0) is 29.3 Å². The van der Waals surface area contributed by atoms with Crippen molar-refractivity contribution in [1.29, 1.82) is 0 Å². The van der Waals surface area contributed by atoms with E-state index in [2.05, 4.69) is 5.32 Å². The molecule has 2 aromatic rings. The Kier molecular flexibility index (Phi) is 4.35. The number of halogens is 1. The molecule has 0 unspecified atom stereocenters. The summed E-state index contributed by atoms with van der Waals surface area (Å²) in [5.41, 5.74) is 2.81. The average Bonchev–Trinajstić information content (AvgIpc) is 2.93. The number of para-hydroxylation sites is 1. The molecule has 1 aliphatic rings. The number of hydrogen-bond donors (Lipinski definition) is 1. The van der Waals surface area contributed by atoms with Crippen molar-refractivity contribution in [1.82, 2.24) is 5.32 Å². The number of benzene rings is 2. The number of nitrogens with one attached hydrogen (secondary N) is 1. The van der Waals surface area contributed by atoms with Gasteiger partial charge in [-0.25, -0.2) is 0 Å². The highest BCUT2D eigenvalue weighted by Gasteiger charge is 2.36. The molecule has 1 atom stereocenters. The van der Waals surface area contributed by atoms with Crippen LogP contribution in [-0.4, -0.2) is 17.9 Å². The number of anilines is 1. The Hall–Kier alpha value is -2.33. The summed E-state index contributed by atoms with van der Waals surface area (Å²) >= 11 is 5.85. The van der Waals surface area contributed by atoms with E-state index in [1.165, 1.54) is 6.92 Å². The normalized spacial score (nSPS) is 16.1. The van der Waals surface area contributed by atoms with Gasteiger partial charge in [-0.3, -0.25) is 14.5 Å². The molecule has 1 heterocycles. The molecule has 0 aliphatic carbocycles. The molecule has 0 fully saturated rings. The molecular formula is C18H17ClN2O2. The van der Waals surface area contributed by atoms with Crippen molar-refractivity contribution < 1.29 is 9.59 Å². The van der Waals surface area contributed by atoms with E-state index in [4.69, 9.17) is 11.6 Å². The molecule has 0 radical (unpaired) electrons. The molecular weight excluding hydrogens is 312 g/mol. The lowest BCUT2D eigenvalue weighted by molar-refractivity contribution is -0.125. The van der Waals surface area contributed by atoms with Crippen molar-refractivity contribution in [2.24, 2.45) is 0 Å². The van der Waals surface area contributed by atoms with Crippen LogP contribution < -0.4 is 10.2 Å². The fourth-order valence-corrected chi connectivity index (χ4v) is 3.02. The van der Waals surface area contributed by atoms with Gasteiger partial charge in [-0.1, -0.05) is 41.9 Å². The van der Waals surface area contributed by atoms with Gasteiger partial charge in [0.2, 0.25) is 11.8 Å². The van der Waals surface area contributed by atoms with E-state index in [0.717, 1.165) is 16.8 Å². The summed E-state index contributed by atoms with van der Waals surface area (Å²) in [4.78, 5) is 26.1. The maximum atomic E-state index is 12.5. The van der Waals surface area contributed by atoms with E-state index in [1.807, 2.05) is 36.4 Å². The minimum Gasteiger partial charge on any atom is -0.350 e. The van der Waals surface area contributed by atoms with Crippen LogP contribution in [0.5, 0.6) is 0 Å². The Labute approximate surface area is 140 Å². The summed E-state index contributed by atoms with van der Waals surface area (Å²) in [6.07, 6.45) is 0.544. The summed E-state index contributed by atoms with van der Waals surface area (Å²) < 4.78 is 0. The first-order valence-electron chi connectivity index (χ1n) is 7.46. The van der Waals surface area contributed by atoms with Gasteiger partial charge in [0.15, 0.2) is 0 Å². The van der Waals surface area contributed by atoms with Crippen molar-refractivity contribution >= 4 is 29.1 Å². The van der Waals surface area contributed by atoms with Gasteiger partial charge in [-0.15, -0.1) is 0 Å². The topological polar surface area (TPSA) is 49.4 Å². The highest BCUT2D eigenvalue weighted by Crippen LogP contribution is 2.32. The number of fused-ring (bicyclic) bond motifs is 1. The van der Waals surface area contributed by atoms with Crippen molar-refractivity contribution in [3.8, 4) is 0 Å². The van der Waals surface area contributed by atoms with Gasteiger partial charge in [0, 0.05) is 30.6 Å². The minimum atomic E-state index is -0.489. The Morgan fingerprint density at radius 3 is 2.57 bits per heavy atom. The third-order valence-corrected chi connectivity index (χ3v) is 4.25. The average molecular weight is 329 g/mol. The first kappa shape index (κ1) is 15.6. The van der Waals surface area contributed by atoms with E-state index in [9.17, 15) is 9.59 Å². The molecule has 0 saturated heterocycles. The lowest BCUT2D eigenvalue weighted by Crippen LogP contribution is -2.47. The zero-order valence-corrected chi connectivity index (χ0v) is 13.5. The van der Waals surface area contributed by atoms with Gasteiger partial charge in [0.1, 0.15) is 6.04 Å². The SMILES string of the molecule is CC(=O)N1c2ccccc2C[C@@H]1C(=O)NCc1ccc(Cl)cc1. The van der Waals surface area contributed by atoms with E-state index in [1.54, 1.807) is 17.0 Å². The maximum absolute atomic E-state index is 12.5. The van der Waals surface area contributed by atoms with Crippen LogP contribution in [0.4, 0.5) is 5.69 Å². The third kappa shape index (κ3) is 3.22. The zero-order chi connectivity index (χ0) is 16.4. The Morgan fingerprint density at radius 1 is 1.17 bits per heavy atom. The monoisotopic (exact) mass is 328 g/mol. The van der Waals surface area contributed by atoms with Crippen LogP contribution in [0.1, 0.15) is 18.1 Å². The Bertz CT molecular complexity index is 743. The quantitative estimate of drug-likeness (QED) is 0.941. The predicted molar refractivity (Wildman–Crippen MR) is 90.4 cm³/mol. The molecule has 0 aromatic heterocycles. The Morgan fingerprint density at radius 2 is 1.87 bits per heavy atom. The number of rotatable bonds is 3. The molecule has 5 heteroatoms. The number of hydrogen-bond acceptors (Lipinski definition) is 2. The summed E-state index contributed by atoms with van der Waals surface area (Å²) in [6.45, 7) is 1.90. The van der Waals surface area contributed by atoms with Crippen LogP contribution in [0.15, 0.2) is 48.5 Å². The molecule has 3 rings (SSSR count). The molecule has 2 aromatic carbocycles. The fourth-order valence-electron chi connectivity index (χ4n) is 2.89. The van der Waals surface area contributed by atoms with Crippen LogP contribution in [0.3, 0.4) is 0 Å². The van der Waals surface area contributed by atoms with Crippen LogP contribution >= 0.6 is 11.6 Å². The summed E-state index contributed by atoms with van der Waals surface area (Å²) in [5, 5.41) is 3.57. The van der Waals surface area contributed by atoms with Gasteiger partial charge in [0.25, 0.3) is 0 Å². The van der Waals surface area contributed by atoms with E-state index < -0.39 is 6.04 Å². The summed E-state index contributed by atoms with van der Waals surface area (Å²) in [6, 6.07) is 14.5. The van der Waals surface area contributed by atoms with Gasteiger partial charge in [0.05, 0.1) is 0 Å². The lowest BCUT2D eigenvalue weighted by Gasteiger charge is -2.23. The minimum absolute atomic E-state index is 0.124. The van der Waals surface area contributed by atoms with Gasteiger partial charge >= 0.3 is 0 Å². The first-order valence-corrected chi connectivity index (χ1v) is 7.84. The molecule has 4 nitrogen and oxygen atoms in total. The molecule has 118 valence electrons. The second-order valence-electron chi connectivity index (χ2n) is 5.58. The van der Waals surface area contributed by atoms with Crippen LogP contribution in [0.2, 0.25) is 5.02 Å². The third-order valence-electron chi connectivity index (χ3n) is 4.00. The molecule has 23 heavy (non-hydrogen) atoms. The summed E-state index contributed by atoms with van der Waals surface area (Å²) in [5.74, 6) is -0.270. The molecule has 1 N–H and O–H groups in total. The van der Waals surface area contributed by atoms with Gasteiger partial charge < -0.3 is 5.32 Å². The molecule has 0 saturated carbocycles. The number of amides is 2. The van der Waals surface area contributed by atoms with Crippen LogP contribution in [-0.2, 0) is 22.6 Å². The largest absolute Gasteiger partial charge is 0.350 e. The molecule has 2 amide bonds. The number of carbonyl (C=O) groups excluding carboxylic acids is 2. The van der Waals surface area contributed by atoms with Crippen molar-refractivity contribution in [3.63, 3.8) is 0 Å². The lowest BCUT2D eigenvalue weighted by atomic mass is 10.1. The van der Waals surface area contributed by atoms with Crippen LogP contribution in [0, 0.1) is 0 Å². The maximum Gasteiger partial charge on any atom is 0.243 e. The van der Waals surface area contributed by atoms with E-state index >= 15 is 0 Å². The highest BCUT2D eigenvalue weighted by molar-refractivity contribution is 6.30.